The molecule has 26 heavy (non-hydrogen) atoms. The Morgan fingerprint density at radius 3 is 2.35 bits per heavy atom. The second-order valence-electron chi connectivity index (χ2n) is 5.36. The topological polar surface area (TPSA) is 63.2 Å². The van der Waals surface area contributed by atoms with Gasteiger partial charge in [0, 0.05) is 24.0 Å². The Morgan fingerprint density at radius 2 is 1.65 bits per heavy atom. The number of nitrogens with one attached hydrogen (secondary N) is 2. The molecule has 3 rings (SSSR count). The summed E-state index contributed by atoms with van der Waals surface area (Å²) in [5.41, 5.74) is 1.43. The minimum absolute atomic E-state index is 0.355. The molecule has 2 amide bonds. The molecule has 0 radical (unpaired) electrons. The number of rotatable bonds is 5. The molecule has 0 spiro atoms. The Balaban J connectivity index is 1.52. The van der Waals surface area contributed by atoms with E-state index in [0.29, 0.717) is 33.8 Å². The van der Waals surface area contributed by atoms with Crippen LogP contribution in [0.2, 0.25) is 10.0 Å². The normalized spacial score (nSPS) is 10.2. The number of pyridine rings is 1. The minimum atomic E-state index is -0.355. The number of halogens is 2. The first-order valence-electron chi connectivity index (χ1n) is 7.77. The van der Waals surface area contributed by atoms with Crippen LogP contribution in [-0.4, -0.2) is 11.0 Å². The van der Waals surface area contributed by atoms with Gasteiger partial charge in [-0.3, -0.25) is 4.98 Å². The van der Waals surface area contributed by atoms with Crippen LogP contribution in [0.4, 0.5) is 10.5 Å². The maximum absolute atomic E-state index is 12.0. The average molecular weight is 388 g/mol. The Bertz CT molecular complexity index is 887. The Labute approximate surface area is 160 Å². The van der Waals surface area contributed by atoms with Crippen LogP contribution in [0.1, 0.15) is 5.56 Å². The summed E-state index contributed by atoms with van der Waals surface area (Å²) >= 11 is 11.9. The van der Waals surface area contributed by atoms with Gasteiger partial charge < -0.3 is 15.4 Å². The molecule has 1 heterocycles. The van der Waals surface area contributed by atoms with Crippen molar-refractivity contribution < 1.29 is 9.53 Å². The Kier molecular flexibility index (Phi) is 5.94. The van der Waals surface area contributed by atoms with Gasteiger partial charge in [-0.25, -0.2) is 4.79 Å². The van der Waals surface area contributed by atoms with Crippen LogP contribution in [-0.2, 0) is 6.54 Å². The van der Waals surface area contributed by atoms with Gasteiger partial charge in [0.25, 0.3) is 0 Å². The van der Waals surface area contributed by atoms with Crippen molar-refractivity contribution in [1.82, 2.24) is 10.3 Å². The molecule has 0 unspecified atom stereocenters. The van der Waals surface area contributed by atoms with Crippen molar-refractivity contribution in [3.8, 4) is 11.5 Å². The first-order chi connectivity index (χ1) is 12.6. The van der Waals surface area contributed by atoms with E-state index in [1.807, 2.05) is 24.3 Å². The molecular weight excluding hydrogens is 373 g/mol. The fourth-order valence-corrected chi connectivity index (χ4v) is 2.61. The molecule has 3 aromatic rings. The van der Waals surface area contributed by atoms with Crippen LogP contribution in [0.25, 0.3) is 0 Å². The van der Waals surface area contributed by atoms with Gasteiger partial charge in [0.05, 0.1) is 10.7 Å². The van der Waals surface area contributed by atoms with Crippen LogP contribution in [0.5, 0.6) is 11.5 Å². The molecule has 0 fully saturated rings. The largest absolute Gasteiger partial charge is 0.457 e. The highest BCUT2D eigenvalue weighted by Crippen LogP contribution is 2.25. The molecule has 0 aliphatic heterocycles. The van der Waals surface area contributed by atoms with Crippen molar-refractivity contribution in [2.24, 2.45) is 0 Å². The van der Waals surface area contributed by atoms with E-state index >= 15 is 0 Å². The van der Waals surface area contributed by atoms with E-state index in [-0.39, 0.29) is 6.03 Å². The fourth-order valence-electron chi connectivity index (χ4n) is 2.16. The molecule has 2 aromatic carbocycles. The van der Waals surface area contributed by atoms with Crippen LogP contribution in [0, 0.1) is 0 Å². The van der Waals surface area contributed by atoms with E-state index < -0.39 is 0 Å². The van der Waals surface area contributed by atoms with Crippen LogP contribution in [0.3, 0.4) is 0 Å². The zero-order valence-electron chi connectivity index (χ0n) is 13.6. The smallest absolute Gasteiger partial charge is 0.319 e. The van der Waals surface area contributed by atoms with Gasteiger partial charge in [-0.15, -0.1) is 0 Å². The molecule has 5 nitrogen and oxygen atoms in total. The van der Waals surface area contributed by atoms with Crippen molar-refractivity contribution in [1.29, 1.82) is 0 Å². The predicted molar refractivity (Wildman–Crippen MR) is 103 cm³/mol. The quantitative estimate of drug-likeness (QED) is 0.607. The van der Waals surface area contributed by atoms with Gasteiger partial charge in [0.2, 0.25) is 0 Å². The van der Waals surface area contributed by atoms with E-state index in [9.17, 15) is 4.79 Å². The Hall–Kier alpha value is -2.76. The monoisotopic (exact) mass is 387 g/mol. The summed E-state index contributed by atoms with van der Waals surface area (Å²) in [6, 6.07) is 15.5. The fraction of sp³-hybridized carbons (Fsp3) is 0.0526. The summed E-state index contributed by atoms with van der Waals surface area (Å²) in [4.78, 5) is 15.9. The van der Waals surface area contributed by atoms with E-state index in [4.69, 9.17) is 27.9 Å². The maximum Gasteiger partial charge on any atom is 0.319 e. The molecule has 0 aliphatic carbocycles. The summed E-state index contributed by atoms with van der Waals surface area (Å²) in [5, 5.41) is 6.34. The molecule has 2 N–H and O–H groups in total. The highest BCUT2D eigenvalue weighted by Gasteiger charge is 2.06. The van der Waals surface area contributed by atoms with E-state index in [1.54, 1.807) is 42.7 Å². The predicted octanol–water partition coefficient (Wildman–Crippen LogP) is 5.50. The van der Waals surface area contributed by atoms with Gasteiger partial charge in [-0.05, 0) is 48.0 Å². The second-order valence-corrected chi connectivity index (χ2v) is 6.20. The molecule has 7 heteroatoms. The molecule has 0 aliphatic rings. The van der Waals surface area contributed by atoms with Crippen LogP contribution in [0.15, 0.2) is 67.0 Å². The highest BCUT2D eigenvalue weighted by atomic mass is 35.5. The third kappa shape index (κ3) is 5.12. The standard InChI is InChI=1S/C19H15Cl2N3O2/c20-14-3-6-18(17(21)11-14)24-19(25)23-12-13-1-4-15(5-2-13)26-16-7-9-22-10-8-16/h1-11H,12H2,(H2,23,24,25). The van der Waals surface area contributed by atoms with Crippen LogP contribution < -0.4 is 15.4 Å². The average Bonchev–Trinajstić information content (AvgIpc) is 2.64. The number of hydrogen-bond acceptors (Lipinski definition) is 3. The number of benzene rings is 2. The number of carbonyl (C=O) groups is 1. The lowest BCUT2D eigenvalue weighted by Crippen LogP contribution is -2.28. The number of carbonyl (C=O) groups excluding carboxylic acids is 1. The van der Waals surface area contributed by atoms with Crippen molar-refractivity contribution in [3.05, 3.63) is 82.6 Å². The summed E-state index contributed by atoms with van der Waals surface area (Å²) < 4.78 is 5.70. The summed E-state index contributed by atoms with van der Waals surface area (Å²) in [7, 11) is 0. The third-order valence-electron chi connectivity index (χ3n) is 3.44. The summed E-state index contributed by atoms with van der Waals surface area (Å²) in [6.45, 7) is 0.368. The molecule has 0 saturated carbocycles. The first kappa shape index (κ1) is 18.0. The SMILES string of the molecule is O=C(NCc1ccc(Oc2ccncc2)cc1)Nc1ccc(Cl)cc1Cl. The van der Waals surface area contributed by atoms with Crippen molar-refractivity contribution in [3.63, 3.8) is 0 Å². The first-order valence-corrected chi connectivity index (χ1v) is 8.52. The number of hydrogen-bond donors (Lipinski definition) is 2. The number of aromatic nitrogens is 1. The zero-order chi connectivity index (χ0) is 18.4. The minimum Gasteiger partial charge on any atom is -0.457 e. The second kappa shape index (κ2) is 8.56. The number of nitrogens with zero attached hydrogens (tertiary/aromatic N) is 1. The number of amides is 2. The van der Waals surface area contributed by atoms with Gasteiger partial charge in [-0.1, -0.05) is 35.3 Å². The molecule has 0 saturated heterocycles. The molecular formula is C19H15Cl2N3O2. The molecule has 132 valence electrons. The lowest BCUT2D eigenvalue weighted by Gasteiger charge is -2.10. The third-order valence-corrected chi connectivity index (χ3v) is 3.99. The number of urea groups is 1. The summed E-state index contributed by atoms with van der Waals surface area (Å²) in [5.74, 6) is 1.42. The number of anilines is 1. The highest BCUT2D eigenvalue weighted by molar-refractivity contribution is 6.36. The van der Waals surface area contributed by atoms with Crippen molar-refractivity contribution >= 4 is 34.9 Å². The van der Waals surface area contributed by atoms with Gasteiger partial charge in [0.15, 0.2) is 0 Å². The van der Waals surface area contributed by atoms with E-state index in [1.165, 1.54) is 0 Å². The lowest BCUT2D eigenvalue weighted by atomic mass is 10.2. The zero-order valence-corrected chi connectivity index (χ0v) is 15.1. The number of ether oxygens (including phenoxy) is 1. The molecule has 0 atom stereocenters. The van der Waals surface area contributed by atoms with Gasteiger partial charge in [-0.2, -0.15) is 0 Å². The Morgan fingerprint density at radius 1 is 0.962 bits per heavy atom. The van der Waals surface area contributed by atoms with Gasteiger partial charge >= 0.3 is 6.03 Å². The van der Waals surface area contributed by atoms with Crippen molar-refractivity contribution in [2.45, 2.75) is 6.54 Å². The molecule has 1 aromatic heterocycles. The van der Waals surface area contributed by atoms with E-state index in [2.05, 4.69) is 15.6 Å². The van der Waals surface area contributed by atoms with Crippen LogP contribution >= 0.6 is 23.2 Å². The maximum atomic E-state index is 12.0. The summed E-state index contributed by atoms with van der Waals surface area (Å²) in [6.07, 6.45) is 3.33. The van der Waals surface area contributed by atoms with Gasteiger partial charge in [0.1, 0.15) is 11.5 Å². The molecule has 0 bridgehead atoms. The van der Waals surface area contributed by atoms with E-state index in [0.717, 1.165) is 5.56 Å². The lowest BCUT2D eigenvalue weighted by molar-refractivity contribution is 0.251. The van der Waals surface area contributed by atoms with Crippen molar-refractivity contribution in [2.75, 3.05) is 5.32 Å².